The lowest BCUT2D eigenvalue weighted by molar-refractivity contribution is -0.117. The maximum Gasteiger partial charge on any atom is 0.162 e. The van der Waals surface area contributed by atoms with Crippen LogP contribution < -0.4 is 45.0 Å². The van der Waals surface area contributed by atoms with Gasteiger partial charge < -0.3 is 45.0 Å². The fourth-order valence-corrected chi connectivity index (χ4v) is 12.7. The van der Waals surface area contributed by atoms with Crippen molar-refractivity contribution in [1.82, 2.24) is 0 Å². The zero-order valence-corrected chi connectivity index (χ0v) is 73.2. The first kappa shape index (κ1) is 93.8. The van der Waals surface area contributed by atoms with Crippen LogP contribution in [0.25, 0.3) is 0 Å². The molecule has 0 heterocycles. The number of ether oxygens (including phenoxy) is 5. The van der Waals surface area contributed by atoms with Crippen LogP contribution in [-0.4, -0.2) is 41.3 Å². The highest BCUT2D eigenvalue weighted by Gasteiger charge is 2.10. The number of benzene rings is 14. The average molecular weight is 1750 g/mol. The number of hydrogen-bond acceptors (Lipinski definition) is 10. The molecule has 14 aromatic rings. The van der Waals surface area contributed by atoms with Crippen molar-refractivity contribution in [2.24, 2.45) is 0 Å². The molecule has 10 nitrogen and oxygen atoms in total. The first-order valence-corrected chi connectivity index (χ1v) is 41.6. The van der Waals surface area contributed by atoms with Crippen LogP contribution in [-0.2, 0) is 69.5 Å². The Balaban J connectivity index is 0.000000173. The highest BCUT2D eigenvalue weighted by atomic mass is 35.5. The van der Waals surface area contributed by atoms with Crippen LogP contribution in [0, 0.1) is 0 Å². The number of carbonyl (C=O) groups excluding carboxylic acids is 1. The SMILES string of the molecule is COc1ccc(CCc2ccccc2)cc1.COc1ccc(CNc2ccccc2)cc1OC.COc1ccc(NCc2ccccc2)cc1OC.Clc1ccc(CCCc2ccc(Cl)cc2)cc1.Clc1ccc(CNc2ccccc2)cc1Cl.Clc1ccc(NCc2ccccc2)cc1Cl.O=C(Cc1ccc(Cl)cc1)Cc1ccc(Cl)cc1. The van der Waals surface area contributed by atoms with Gasteiger partial charge in [-0.2, -0.15) is 0 Å². The van der Waals surface area contributed by atoms with E-state index in [2.05, 4.69) is 112 Å². The number of methoxy groups -OCH3 is 5. The van der Waals surface area contributed by atoms with Gasteiger partial charge in [-0.3, -0.25) is 4.79 Å². The number of hydrogen-bond donors (Lipinski definition) is 4. The molecule has 0 fully saturated rings. The van der Waals surface area contributed by atoms with E-state index in [9.17, 15) is 4.79 Å². The van der Waals surface area contributed by atoms with E-state index in [1.807, 2.05) is 224 Å². The van der Waals surface area contributed by atoms with E-state index in [1.165, 1.54) is 33.4 Å². The van der Waals surface area contributed by atoms with Gasteiger partial charge in [-0.1, -0.05) is 293 Å². The van der Waals surface area contributed by atoms with Gasteiger partial charge in [-0.05, 0) is 227 Å². The van der Waals surface area contributed by atoms with Gasteiger partial charge in [0.05, 0.1) is 55.6 Å². The molecule has 0 unspecified atom stereocenters. The van der Waals surface area contributed by atoms with E-state index >= 15 is 0 Å². The molecule has 0 aliphatic carbocycles. The van der Waals surface area contributed by atoms with E-state index < -0.39 is 0 Å². The number of para-hydroxylation sites is 2. The van der Waals surface area contributed by atoms with Crippen LogP contribution in [0.1, 0.15) is 62.1 Å². The summed E-state index contributed by atoms with van der Waals surface area (Å²) in [6, 6.07) is 113. The largest absolute Gasteiger partial charge is 0.497 e. The Hall–Kier alpha value is -10.7. The second-order valence-corrected chi connectivity index (χ2v) is 30.2. The first-order valence-electron chi connectivity index (χ1n) is 38.5. The van der Waals surface area contributed by atoms with Crippen LogP contribution in [0.5, 0.6) is 28.7 Å². The van der Waals surface area contributed by atoms with E-state index in [-0.39, 0.29) is 5.78 Å². The minimum absolute atomic E-state index is 0.180. The smallest absolute Gasteiger partial charge is 0.162 e. The summed E-state index contributed by atoms with van der Waals surface area (Å²) >= 11 is 46.8. The van der Waals surface area contributed by atoms with Crippen LogP contribution >= 0.6 is 92.8 Å². The van der Waals surface area contributed by atoms with Gasteiger partial charge in [0.15, 0.2) is 23.0 Å². The molecular formula is C101H98Cl8N4O6. The van der Waals surface area contributed by atoms with E-state index in [0.29, 0.717) is 43.0 Å². The lowest BCUT2D eigenvalue weighted by Crippen LogP contribution is -2.06. The number of ketones is 1. The summed E-state index contributed by atoms with van der Waals surface area (Å²) < 4.78 is 26.1. The molecule has 0 aliphatic rings. The van der Waals surface area contributed by atoms with E-state index in [1.54, 1.807) is 65.9 Å². The van der Waals surface area contributed by atoms with Crippen molar-refractivity contribution < 1.29 is 28.5 Å². The number of nitrogens with one attached hydrogen (secondary N) is 4. The molecule has 0 aliphatic heterocycles. The Morgan fingerprint density at radius 2 is 0.529 bits per heavy atom. The highest BCUT2D eigenvalue weighted by Crippen LogP contribution is 2.32. The van der Waals surface area contributed by atoms with Crippen molar-refractivity contribution in [3.63, 3.8) is 0 Å². The molecule has 4 N–H and O–H groups in total. The third-order valence-corrected chi connectivity index (χ3v) is 20.5. The van der Waals surface area contributed by atoms with Crippen molar-refractivity contribution in [1.29, 1.82) is 0 Å². The molecule has 0 aromatic heterocycles. The van der Waals surface area contributed by atoms with Gasteiger partial charge in [-0.15, -0.1) is 0 Å². The van der Waals surface area contributed by atoms with Gasteiger partial charge in [0, 0.05) is 87.9 Å². The molecule has 14 aromatic carbocycles. The summed E-state index contributed by atoms with van der Waals surface area (Å²) in [5.41, 5.74) is 16.3. The van der Waals surface area contributed by atoms with Crippen LogP contribution in [0.15, 0.2) is 346 Å². The maximum absolute atomic E-state index is 11.9. The standard InChI is InChI=1S/C15H12Cl2O.C15H14Cl2.2C15H17NO2.C15H16O.2C13H11Cl2N/c16-13-5-1-11(2-6-13)9-15(18)10-12-3-7-14(17)8-4-12;16-14-8-4-12(5-9-14)2-1-3-13-6-10-15(17)11-7-13;1-17-14-9-8-12(10-15(14)18-2)11-16-13-6-4-3-5-7-13;1-17-14-9-8-13(10-15(14)18-2)16-11-12-6-4-3-5-7-12;1-16-15-11-9-14(10-12-15)8-7-13-5-3-2-4-6-13;14-12-7-6-10(8-13(12)15)9-16-11-4-2-1-3-5-11;14-12-7-6-11(8-13(12)15)16-9-10-4-2-1-3-5-10/h1-8H,9-10H2;4-11H,1-3H2;2*3-10,16H,11H2,1-2H3;2-6,9-12H,7-8H2,1H3;2*1-8,16H,9H2. The maximum atomic E-state index is 11.9. The molecular weight excluding hydrogens is 1650 g/mol. The number of rotatable bonds is 28. The molecule has 18 heteroatoms. The number of anilines is 4. The second kappa shape index (κ2) is 53.6. The van der Waals surface area contributed by atoms with Crippen molar-refractivity contribution >= 4 is 121 Å². The Kier molecular flexibility index (Phi) is 42.3. The molecule has 0 saturated heterocycles. The average Bonchev–Trinajstić information content (AvgIpc) is 0.879. The predicted molar refractivity (Wildman–Crippen MR) is 504 cm³/mol. The van der Waals surface area contributed by atoms with E-state index in [0.717, 1.165) is 142 Å². The molecule has 614 valence electrons. The zero-order valence-electron chi connectivity index (χ0n) is 67.2. The third kappa shape index (κ3) is 36.6. The monoisotopic (exact) mass is 1740 g/mol. The molecule has 0 radical (unpaired) electrons. The lowest BCUT2D eigenvalue weighted by atomic mass is 10.0. The van der Waals surface area contributed by atoms with Crippen molar-refractivity contribution in [2.45, 2.75) is 71.1 Å². The number of halogens is 8. The fourth-order valence-electron chi connectivity index (χ4n) is 11.6. The lowest BCUT2D eigenvalue weighted by Gasteiger charge is -2.11. The van der Waals surface area contributed by atoms with Gasteiger partial charge in [0.25, 0.3) is 0 Å². The summed E-state index contributed by atoms with van der Waals surface area (Å²) in [6.45, 7) is 3.06. The zero-order chi connectivity index (χ0) is 84.6. The predicted octanol–water partition coefficient (Wildman–Crippen LogP) is 28.8. The molecule has 0 bridgehead atoms. The van der Waals surface area contributed by atoms with Gasteiger partial charge in [0.2, 0.25) is 0 Å². The van der Waals surface area contributed by atoms with Crippen LogP contribution in [0.3, 0.4) is 0 Å². The van der Waals surface area contributed by atoms with Crippen LogP contribution in [0.2, 0.25) is 40.2 Å². The Morgan fingerprint density at radius 1 is 0.235 bits per heavy atom. The summed E-state index contributed by atoms with van der Waals surface area (Å²) in [4.78, 5) is 11.9. The van der Waals surface area contributed by atoms with Crippen molar-refractivity contribution in [3.05, 3.63) is 442 Å². The Bertz CT molecular complexity index is 4910. The second-order valence-electron chi connectivity index (χ2n) is 26.8. The summed E-state index contributed by atoms with van der Waals surface area (Å²) in [5.74, 6) is 4.08. The molecule has 119 heavy (non-hydrogen) atoms. The Morgan fingerprint density at radius 3 is 0.933 bits per heavy atom. The summed E-state index contributed by atoms with van der Waals surface area (Å²) in [6.07, 6.45) is 6.34. The fraction of sp³-hybridized carbons (Fsp3) is 0.158. The van der Waals surface area contributed by atoms with Gasteiger partial charge in [0.1, 0.15) is 11.5 Å². The molecule has 0 saturated carbocycles. The van der Waals surface area contributed by atoms with Gasteiger partial charge >= 0.3 is 0 Å². The quantitative estimate of drug-likeness (QED) is 0.0378. The number of Topliss-reactive ketones (excluding diaryl/α,β-unsaturated/α-hetero) is 1. The molecule has 0 spiro atoms. The van der Waals surface area contributed by atoms with Crippen molar-refractivity contribution in [3.8, 4) is 28.7 Å². The van der Waals surface area contributed by atoms with Crippen LogP contribution in [0.4, 0.5) is 22.7 Å². The normalized spacial score (nSPS) is 10.1. The topological polar surface area (TPSA) is 111 Å². The van der Waals surface area contributed by atoms with Gasteiger partial charge in [-0.25, -0.2) is 0 Å². The third-order valence-electron chi connectivity index (χ3n) is 18.0. The molecule has 0 amide bonds. The minimum atomic E-state index is 0.180. The minimum Gasteiger partial charge on any atom is -0.497 e. The van der Waals surface area contributed by atoms with Crippen molar-refractivity contribution in [2.75, 3.05) is 56.8 Å². The Labute approximate surface area is 742 Å². The molecule has 0 atom stereocenters. The van der Waals surface area contributed by atoms with E-state index in [4.69, 9.17) is 116 Å². The highest BCUT2D eigenvalue weighted by molar-refractivity contribution is 6.42. The first-order chi connectivity index (χ1) is 57.9. The number of aryl methyl sites for hydroxylation is 4. The summed E-state index contributed by atoms with van der Waals surface area (Å²) in [7, 11) is 8.25. The summed E-state index contributed by atoms with van der Waals surface area (Å²) in [5, 5.41) is 18.6. The number of carbonyl (C=O) groups is 1. The molecule has 14 rings (SSSR count).